The molecule has 1 fully saturated rings. The number of aromatic amines is 1. The third-order valence-electron chi connectivity index (χ3n) is 5.15. The van der Waals surface area contributed by atoms with Crippen LogP contribution in [0.3, 0.4) is 0 Å². The van der Waals surface area contributed by atoms with Crippen LogP contribution >= 0.6 is 0 Å². The van der Waals surface area contributed by atoms with Crippen LogP contribution in [0.15, 0.2) is 30.6 Å². The highest BCUT2D eigenvalue weighted by Crippen LogP contribution is 2.32. The number of piperidine rings is 1. The lowest BCUT2D eigenvalue weighted by Crippen LogP contribution is -2.97. The largest absolute Gasteiger partial charge is 0.348 e. The third-order valence-corrected chi connectivity index (χ3v) is 5.15. The standard InChI is InChI=1S/C17H19FN4O/c18-13-3-1-12(2-4-13)16(23)22-9-6-17(7-10-22)15-14(5-8-21-17)19-11-20-15/h1-4,11,21H,5-10H2,(H,19,20)/p+1. The van der Waals surface area contributed by atoms with Crippen LogP contribution in [0, 0.1) is 5.82 Å². The van der Waals surface area contributed by atoms with Gasteiger partial charge in [0.15, 0.2) is 0 Å². The molecular formula is C17H20FN4O+. The number of carbonyl (C=O) groups is 1. The number of amides is 1. The van der Waals surface area contributed by atoms with Gasteiger partial charge in [0.1, 0.15) is 17.1 Å². The van der Waals surface area contributed by atoms with Gasteiger partial charge in [-0.3, -0.25) is 4.79 Å². The summed E-state index contributed by atoms with van der Waals surface area (Å²) in [6.07, 6.45) is 4.60. The first-order valence-electron chi connectivity index (χ1n) is 8.10. The molecule has 5 nitrogen and oxygen atoms in total. The molecule has 4 rings (SSSR count). The highest BCUT2D eigenvalue weighted by Gasteiger charge is 2.45. The van der Waals surface area contributed by atoms with Crippen LogP contribution in [0.1, 0.15) is 34.6 Å². The average molecular weight is 315 g/mol. The summed E-state index contributed by atoms with van der Waals surface area (Å²) in [6.45, 7) is 2.47. The minimum absolute atomic E-state index is 0.00710. The number of aromatic nitrogens is 2. The van der Waals surface area contributed by atoms with Crippen LogP contribution in [-0.2, 0) is 12.0 Å². The van der Waals surface area contributed by atoms with E-state index in [0.717, 1.165) is 31.5 Å². The number of fused-ring (bicyclic) bond motifs is 2. The van der Waals surface area contributed by atoms with E-state index in [-0.39, 0.29) is 17.3 Å². The maximum absolute atomic E-state index is 13.0. The molecular weight excluding hydrogens is 295 g/mol. The molecule has 0 unspecified atom stereocenters. The van der Waals surface area contributed by atoms with Crippen molar-refractivity contribution in [3.8, 4) is 0 Å². The summed E-state index contributed by atoms with van der Waals surface area (Å²) in [5.41, 5.74) is 2.96. The third kappa shape index (κ3) is 2.43. The van der Waals surface area contributed by atoms with Gasteiger partial charge in [-0.05, 0) is 24.3 Å². The zero-order valence-electron chi connectivity index (χ0n) is 12.9. The molecule has 2 aromatic rings. The topological polar surface area (TPSA) is 65.6 Å². The molecule has 1 aromatic heterocycles. The van der Waals surface area contributed by atoms with E-state index in [1.807, 2.05) is 4.90 Å². The molecule has 1 saturated heterocycles. The number of hydrogen-bond acceptors (Lipinski definition) is 2. The van der Waals surface area contributed by atoms with E-state index in [4.69, 9.17) is 0 Å². The Balaban J connectivity index is 1.50. The molecule has 0 radical (unpaired) electrons. The molecule has 23 heavy (non-hydrogen) atoms. The first-order chi connectivity index (χ1) is 11.2. The second-order valence-electron chi connectivity index (χ2n) is 6.43. The number of halogens is 1. The Morgan fingerprint density at radius 2 is 2.00 bits per heavy atom. The number of benzene rings is 1. The lowest BCUT2D eigenvalue weighted by Gasteiger charge is -2.41. The first-order valence-corrected chi connectivity index (χ1v) is 8.10. The van der Waals surface area contributed by atoms with Crippen LogP contribution in [0.4, 0.5) is 4.39 Å². The van der Waals surface area contributed by atoms with Gasteiger partial charge >= 0.3 is 0 Å². The quantitative estimate of drug-likeness (QED) is 0.817. The van der Waals surface area contributed by atoms with Crippen molar-refractivity contribution < 1.29 is 14.5 Å². The molecule has 120 valence electrons. The van der Waals surface area contributed by atoms with E-state index in [9.17, 15) is 9.18 Å². The molecule has 3 heterocycles. The van der Waals surface area contributed by atoms with Crippen molar-refractivity contribution in [3.05, 3.63) is 53.4 Å². The first kappa shape index (κ1) is 14.4. The maximum atomic E-state index is 13.0. The Hall–Kier alpha value is -2.21. The fraction of sp³-hybridized carbons (Fsp3) is 0.412. The lowest BCUT2D eigenvalue weighted by atomic mass is 9.80. The van der Waals surface area contributed by atoms with Crippen LogP contribution in [0.5, 0.6) is 0 Å². The molecule has 0 aliphatic carbocycles. The van der Waals surface area contributed by atoms with Gasteiger partial charge in [-0.2, -0.15) is 0 Å². The van der Waals surface area contributed by atoms with Crippen molar-refractivity contribution in [2.24, 2.45) is 0 Å². The molecule has 1 spiro atoms. The van der Waals surface area contributed by atoms with Gasteiger partial charge in [0.05, 0.1) is 12.9 Å². The zero-order valence-corrected chi connectivity index (χ0v) is 12.9. The second-order valence-corrected chi connectivity index (χ2v) is 6.43. The van der Waals surface area contributed by atoms with E-state index in [1.165, 1.54) is 17.8 Å². The predicted molar refractivity (Wildman–Crippen MR) is 82.3 cm³/mol. The number of rotatable bonds is 1. The number of nitrogens with two attached hydrogens (primary N) is 1. The number of nitrogens with one attached hydrogen (secondary N) is 1. The molecule has 1 amide bonds. The Bertz CT molecular complexity index is 716. The summed E-state index contributed by atoms with van der Waals surface area (Å²) >= 11 is 0. The fourth-order valence-electron chi connectivity index (χ4n) is 3.85. The normalized spacial score (nSPS) is 19.6. The van der Waals surface area contributed by atoms with Crippen molar-refractivity contribution >= 4 is 5.91 Å². The smallest absolute Gasteiger partial charge is 0.253 e. The molecule has 1 aromatic carbocycles. The number of hydrogen-bond donors (Lipinski definition) is 2. The zero-order chi connectivity index (χ0) is 15.9. The van der Waals surface area contributed by atoms with Crippen molar-refractivity contribution in [1.29, 1.82) is 0 Å². The lowest BCUT2D eigenvalue weighted by molar-refractivity contribution is -0.743. The maximum Gasteiger partial charge on any atom is 0.253 e. The van der Waals surface area contributed by atoms with Gasteiger partial charge in [0.2, 0.25) is 0 Å². The van der Waals surface area contributed by atoms with Crippen molar-refractivity contribution in [2.45, 2.75) is 24.8 Å². The highest BCUT2D eigenvalue weighted by molar-refractivity contribution is 5.94. The molecule has 3 N–H and O–H groups in total. The number of imidazole rings is 1. The second kappa shape index (κ2) is 5.45. The Morgan fingerprint density at radius 3 is 2.74 bits per heavy atom. The van der Waals surface area contributed by atoms with Crippen molar-refractivity contribution in [2.75, 3.05) is 19.6 Å². The summed E-state index contributed by atoms with van der Waals surface area (Å²) in [6, 6.07) is 5.79. The molecule has 2 aliphatic rings. The average Bonchev–Trinajstić information content (AvgIpc) is 3.06. The molecule has 2 aliphatic heterocycles. The van der Waals surface area contributed by atoms with Crippen molar-refractivity contribution in [3.63, 3.8) is 0 Å². The van der Waals surface area contributed by atoms with Gasteiger partial charge in [0.25, 0.3) is 5.91 Å². The van der Waals surface area contributed by atoms with E-state index >= 15 is 0 Å². The van der Waals surface area contributed by atoms with Gasteiger partial charge < -0.3 is 15.2 Å². The SMILES string of the molecule is O=C(c1ccc(F)cc1)N1CCC2(CC1)[NH2+]CCc1[nH]cnc12. The summed E-state index contributed by atoms with van der Waals surface area (Å²) in [7, 11) is 0. The Kier molecular flexibility index (Phi) is 3.41. The molecule has 0 atom stereocenters. The van der Waals surface area contributed by atoms with E-state index in [1.54, 1.807) is 18.5 Å². The van der Waals surface area contributed by atoms with Gasteiger partial charge in [-0.25, -0.2) is 9.37 Å². The number of H-pyrrole nitrogens is 1. The van der Waals surface area contributed by atoms with E-state index in [2.05, 4.69) is 15.3 Å². The van der Waals surface area contributed by atoms with E-state index in [0.29, 0.717) is 18.7 Å². The number of likely N-dealkylation sites (tertiary alicyclic amines) is 1. The predicted octanol–water partition coefficient (Wildman–Crippen LogP) is 0.800. The van der Waals surface area contributed by atoms with Crippen LogP contribution in [-0.4, -0.2) is 40.4 Å². The Labute approximate surface area is 133 Å². The summed E-state index contributed by atoms with van der Waals surface area (Å²) < 4.78 is 13.0. The van der Waals surface area contributed by atoms with Crippen LogP contribution in [0.2, 0.25) is 0 Å². The summed E-state index contributed by atoms with van der Waals surface area (Å²) in [4.78, 5) is 22.2. The van der Waals surface area contributed by atoms with Gasteiger partial charge in [-0.15, -0.1) is 0 Å². The minimum atomic E-state index is -0.318. The van der Waals surface area contributed by atoms with Crippen LogP contribution in [0.25, 0.3) is 0 Å². The number of quaternary nitrogens is 1. The van der Waals surface area contributed by atoms with Gasteiger partial charge in [-0.1, -0.05) is 0 Å². The van der Waals surface area contributed by atoms with Gasteiger partial charge in [0, 0.05) is 43.6 Å². The number of nitrogens with zero attached hydrogens (tertiary/aromatic N) is 2. The summed E-state index contributed by atoms with van der Waals surface area (Å²) in [5, 5.41) is 2.38. The monoisotopic (exact) mass is 315 g/mol. The van der Waals surface area contributed by atoms with Crippen LogP contribution < -0.4 is 5.32 Å². The number of carbonyl (C=O) groups excluding carboxylic acids is 1. The molecule has 6 heteroatoms. The van der Waals surface area contributed by atoms with Crippen molar-refractivity contribution in [1.82, 2.24) is 14.9 Å². The fourth-order valence-corrected chi connectivity index (χ4v) is 3.85. The molecule has 0 bridgehead atoms. The van der Waals surface area contributed by atoms with E-state index < -0.39 is 0 Å². The summed E-state index contributed by atoms with van der Waals surface area (Å²) in [5.74, 6) is -0.333. The molecule has 0 saturated carbocycles. The Morgan fingerprint density at radius 1 is 1.26 bits per heavy atom. The highest BCUT2D eigenvalue weighted by atomic mass is 19.1. The minimum Gasteiger partial charge on any atom is -0.348 e.